The molecule has 0 aliphatic rings. The Morgan fingerprint density at radius 3 is 2.92 bits per heavy atom. The Kier molecular flexibility index (Phi) is 4.94. The third kappa shape index (κ3) is 4.22. The number of aliphatic hydroxyl groups excluding tert-OH is 1. The van der Waals surface area contributed by atoms with E-state index in [2.05, 4.69) is 22.0 Å². The maximum Gasteiger partial charge on any atom is 0.0777 e. The number of aryl methyl sites for hydroxylation is 1. The van der Waals surface area contributed by atoms with Crippen molar-refractivity contribution in [2.75, 3.05) is 13.7 Å². The van der Waals surface area contributed by atoms with Gasteiger partial charge in [0.05, 0.1) is 16.5 Å². The van der Waals surface area contributed by atoms with Crippen LogP contribution in [-0.4, -0.2) is 24.9 Å². The zero-order chi connectivity index (χ0) is 9.68. The molecule has 1 aromatic heterocycles. The van der Waals surface area contributed by atoms with Crippen LogP contribution in [0.5, 0.6) is 0 Å². The minimum atomic E-state index is -0.342. The van der Waals surface area contributed by atoms with Crippen LogP contribution in [0.25, 0.3) is 0 Å². The van der Waals surface area contributed by atoms with Crippen molar-refractivity contribution in [3.63, 3.8) is 0 Å². The standard InChI is InChI=1S/C9H13BrO2S/c1-12-6-7(11)2-3-8-4-5-9(10)13-8/h4-5,7,11H,2-3,6H2,1H3. The van der Waals surface area contributed by atoms with Crippen molar-refractivity contribution < 1.29 is 9.84 Å². The van der Waals surface area contributed by atoms with E-state index < -0.39 is 0 Å². The van der Waals surface area contributed by atoms with Crippen LogP contribution in [0.4, 0.5) is 0 Å². The summed E-state index contributed by atoms with van der Waals surface area (Å²) in [6.45, 7) is 0.423. The number of ether oxygens (including phenoxy) is 1. The number of rotatable bonds is 5. The summed E-state index contributed by atoms with van der Waals surface area (Å²) >= 11 is 5.11. The number of methoxy groups -OCH3 is 1. The molecule has 1 heterocycles. The van der Waals surface area contributed by atoms with E-state index in [1.807, 2.05) is 6.07 Å². The molecule has 0 aliphatic carbocycles. The first kappa shape index (κ1) is 11.2. The Bertz CT molecular complexity index is 250. The number of thiophene rings is 1. The lowest BCUT2D eigenvalue weighted by Crippen LogP contribution is -2.14. The minimum absolute atomic E-state index is 0.342. The molecule has 74 valence electrons. The highest BCUT2D eigenvalue weighted by Gasteiger charge is 2.04. The second-order valence-corrected chi connectivity index (χ2v) is 5.40. The average Bonchev–Trinajstić information content (AvgIpc) is 2.49. The van der Waals surface area contributed by atoms with E-state index in [1.165, 1.54) is 4.88 Å². The summed E-state index contributed by atoms with van der Waals surface area (Å²) in [6.07, 6.45) is 1.34. The molecule has 1 rings (SSSR count). The van der Waals surface area contributed by atoms with Gasteiger partial charge in [0.2, 0.25) is 0 Å². The predicted octanol–water partition coefficient (Wildman–Crippen LogP) is 2.45. The number of halogens is 1. The van der Waals surface area contributed by atoms with Gasteiger partial charge in [-0.3, -0.25) is 0 Å². The molecule has 4 heteroatoms. The van der Waals surface area contributed by atoms with E-state index in [4.69, 9.17) is 4.74 Å². The Balaban J connectivity index is 2.26. The van der Waals surface area contributed by atoms with Gasteiger partial charge in [0.1, 0.15) is 0 Å². The van der Waals surface area contributed by atoms with Crippen LogP contribution < -0.4 is 0 Å². The van der Waals surface area contributed by atoms with Crippen molar-refractivity contribution in [3.05, 3.63) is 20.8 Å². The monoisotopic (exact) mass is 264 g/mol. The maximum atomic E-state index is 9.39. The molecule has 1 aromatic rings. The van der Waals surface area contributed by atoms with Crippen LogP contribution in [0.15, 0.2) is 15.9 Å². The fourth-order valence-electron chi connectivity index (χ4n) is 1.07. The van der Waals surface area contributed by atoms with Crippen molar-refractivity contribution in [1.29, 1.82) is 0 Å². The molecule has 1 N–H and O–H groups in total. The molecule has 0 fully saturated rings. The SMILES string of the molecule is COCC(O)CCc1ccc(Br)s1. The maximum absolute atomic E-state index is 9.39. The van der Waals surface area contributed by atoms with Gasteiger partial charge in [-0.05, 0) is 40.9 Å². The van der Waals surface area contributed by atoms with Crippen LogP contribution in [0, 0.1) is 0 Å². The van der Waals surface area contributed by atoms with E-state index in [0.717, 1.165) is 16.6 Å². The van der Waals surface area contributed by atoms with E-state index in [1.54, 1.807) is 18.4 Å². The van der Waals surface area contributed by atoms with Gasteiger partial charge in [0.15, 0.2) is 0 Å². The molecule has 1 atom stereocenters. The molecule has 0 aromatic carbocycles. The Labute approximate surface area is 90.7 Å². The van der Waals surface area contributed by atoms with Gasteiger partial charge >= 0.3 is 0 Å². The van der Waals surface area contributed by atoms with Crippen LogP contribution in [-0.2, 0) is 11.2 Å². The van der Waals surface area contributed by atoms with Gasteiger partial charge in [-0.15, -0.1) is 11.3 Å². The number of aliphatic hydroxyl groups is 1. The fraction of sp³-hybridized carbons (Fsp3) is 0.556. The molecule has 0 amide bonds. The molecule has 13 heavy (non-hydrogen) atoms. The van der Waals surface area contributed by atoms with Crippen molar-refractivity contribution in [3.8, 4) is 0 Å². The third-order valence-electron chi connectivity index (χ3n) is 1.71. The van der Waals surface area contributed by atoms with E-state index in [-0.39, 0.29) is 6.10 Å². The molecule has 0 aliphatic heterocycles. The topological polar surface area (TPSA) is 29.5 Å². The summed E-state index contributed by atoms with van der Waals surface area (Å²) in [7, 11) is 1.60. The Morgan fingerprint density at radius 2 is 2.38 bits per heavy atom. The zero-order valence-electron chi connectivity index (χ0n) is 7.50. The smallest absolute Gasteiger partial charge is 0.0777 e. The molecule has 0 radical (unpaired) electrons. The van der Waals surface area contributed by atoms with Crippen LogP contribution in [0.1, 0.15) is 11.3 Å². The highest BCUT2D eigenvalue weighted by Crippen LogP contribution is 2.23. The van der Waals surface area contributed by atoms with Gasteiger partial charge < -0.3 is 9.84 Å². The van der Waals surface area contributed by atoms with Crippen LogP contribution in [0.3, 0.4) is 0 Å². The lowest BCUT2D eigenvalue weighted by Gasteiger charge is -2.07. The second-order valence-electron chi connectivity index (χ2n) is 2.85. The molecule has 2 nitrogen and oxygen atoms in total. The van der Waals surface area contributed by atoms with E-state index in [9.17, 15) is 5.11 Å². The summed E-state index contributed by atoms with van der Waals surface area (Å²) in [5.41, 5.74) is 0. The van der Waals surface area contributed by atoms with Crippen molar-refractivity contribution in [2.45, 2.75) is 18.9 Å². The average molecular weight is 265 g/mol. The summed E-state index contributed by atoms with van der Waals surface area (Å²) in [5.74, 6) is 0. The second kappa shape index (κ2) is 5.75. The van der Waals surface area contributed by atoms with Gasteiger partial charge in [0.25, 0.3) is 0 Å². The minimum Gasteiger partial charge on any atom is -0.391 e. The lowest BCUT2D eigenvalue weighted by atomic mass is 10.2. The quantitative estimate of drug-likeness (QED) is 0.886. The number of hydrogen-bond donors (Lipinski definition) is 1. The number of hydrogen-bond acceptors (Lipinski definition) is 3. The van der Waals surface area contributed by atoms with Gasteiger partial charge in [-0.1, -0.05) is 0 Å². The van der Waals surface area contributed by atoms with Gasteiger partial charge in [0, 0.05) is 12.0 Å². The Morgan fingerprint density at radius 1 is 1.62 bits per heavy atom. The summed E-state index contributed by atoms with van der Waals surface area (Å²) < 4.78 is 5.98. The molecule has 0 saturated heterocycles. The highest BCUT2D eigenvalue weighted by molar-refractivity contribution is 9.11. The lowest BCUT2D eigenvalue weighted by molar-refractivity contribution is 0.0596. The van der Waals surface area contributed by atoms with E-state index >= 15 is 0 Å². The summed E-state index contributed by atoms with van der Waals surface area (Å²) in [6, 6.07) is 4.11. The highest BCUT2D eigenvalue weighted by atomic mass is 79.9. The Hall–Kier alpha value is 0.1000. The van der Waals surface area contributed by atoms with Crippen molar-refractivity contribution in [1.82, 2.24) is 0 Å². The fourth-order valence-corrected chi connectivity index (χ4v) is 2.57. The molecule has 0 saturated carbocycles. The first-order chi connectivity index (χ1) is 6.22. The predicted molar refractivity (Wildman–Crippen MR) is 58.2 cm³/mol. The largest absolute Gasteiger partial charge is 0.391 e. The molecule has 0 bridgehead atoms. The molecule has 0 spiro atoms. The van der Waals surface area contributed by atoms with Crippen molar-refractivity contribution in [2.24, 2.45) is 0 Å². The summed E-state index contributed by atoms with van der Waals surface area (Å²) in [4.78, 5) is 1.29. The molecular formula is C9H13BrO2S. The first-order valence-electron chi connectivity index (χ1n) is 4.13. The van der Waals surface area contributed by atoms with Gasteiger partial charge in [-0.2, -0.15) is 0 Å². The third-order valence-corrected chi connectivity index (χ3v) is 3.40. The van der Waals surface area contributed by atoms with Gasteiger partial charge in [-0.25, -0.2) is 0 Å². The van der Waals surface area contributed by atoms with Crippen LogP contribution >= 0.6 is 27.3 Å². The normalized spacial score (nSPS) is 13.2. The van der Waals surface area contributed by atoms with Crippen molar-refractivity contribution >= 4 is 27.3 Å². The molecule has 1 unspecified atom stereocenters. The zero-order valence-corrected chi connectivity index (χ0v) is 9.90. The molecular weight excluding hydrogens is 252 g/mol. The summed E-state index contributed by atoms with van der Waals surface area (Å²) in [5, 5.41) is 9.39. The van der Waals surface area contributed by atoms with Crippen LogP contribution in [0.2, 0.25) is 0 Å². The first-order valence-corrected chi connectivity index (χ1v) is 5.74. The van der Waals surface area contributed by atoms with E-state index in [0.29, 0.717) is 6.61 Å².